The zero-order valence-electron chi connectivity index (χ0n) is 9.91. The number of ketones is 1. The monoisotopic (exact) mass is 260 g/mol. The van der Waals surface area contributed by atoms with E-state index in [0.717, 1.165) is 11.4 Å². The Labute approximate surface area is 111 Å². The van der Waals surface area contributed by atoms with E-state index < -0.39 is 0 Å². The normalized spacial score (nSPS) is 10.1. The molecule has 2 aromatic rings. The Morgan fingerprint density at radius 1 is 1.22 bits per heavy atom. The molecule has 3 N–H and O–H groups in total. The van der Waals surface area contributed by atoms with Crippen LogP contribution in [0.1, 0.15) is 17.3 Å². The molecule has 0 saturated carbocycles. The summed E-state index contributed by atoms with van der Waals surface area (Å²) in [6.45, 7) is 1.54. The van der Waals surface area contributed by atoms with Crippen LogP contribution in [0.5, 0.6) is 0 Å². The molecular formula is C14H13ClN2O. The number of rotatable bonds is 3. The van der Waals surface area contributed by atoms with Crippen LogP contribution >= 0.6 is 11.6 Å². The number of anilines is 3. The SMILES string of the molecule is CC(=O)c1cccc(Nc2ccc(N)cc2Cl)c1. The molecule has 0 heterocycles. The zero-order chi connectivity index (χ0) is 13.1. The molecule has 2 aromatic carbocycles. The first-order valence-corrected chi connectivity index (χ1v) is 5.87. The van der Waals surface area contributed by atoms with E-state index in [9.17, 15) is 4.79 Å². The van der Waals surface area contributed by atoms with Gasteiger partial charge in [0, 0.05) is 16.9 Å². The van der Waals surface area contributed by atoms with Crippen molar-refractivity contribution in [1.29, 1.82) is 0 Å². The molecule has 3 nitrogen and oxygen atoms in total. The topological polar surface area (TPSA) is 55.1 Å². The fourth-order valence-electron chi connectivity index (χ4n) is 1.60. The standard InChI is InChI=1S/C14H13ClN2O/c1-9(18)10-3-2-4-12(7-10)17-14-6-5-11(16)8-13(14)15/h2-8,17H,16H2,1H3. The molecule has 0 amide bonds. The van der Waals surface area contributed by atoms with Crippen LogP contribution in [0.2, 0.25) is 5.02 Å². The number of nitrogens with one attached hydrogen (secondary N) is 1. The Bertz CT molecular complexity index is 596. The summed E-state index contributed by atoms with van der Waals surface area (Å²) in [5.41, 5.74) is 8.47. The van der Waals surface area contributed by atoms with E-state index in [-0.39, 0.29) is 5.78 Å². The van der Waals surface area contributed by atoms with E-state index in [0.29, 0.717) is 16.3 Å². The molecule has 0 fully saturated rings. The third-order valence-electron chi connectivity index (χ3n) is 2.54. The molecule has 0 aliphatic rings. The number of carbonyl (C=O) groups is 1. The maximum atomic E-state index is 11.3. The highest BCUT2D eigenvalue weighted by Crippen LogP contribution is 2.27. The van der Waals surface area contributed by atoms with Crippen LogP contribution < -0.4 is 11.1 Å². The van der Waals surface area contributed by atoms with Gasteiger partial charge in [-0.15, -0.1) is 0 Å². The summed E-state index contributed by atoms with van der Waals surface area (Å²) < 4.78 is 0. The van der Waals surface area contributed by atoms with Gasteiger partial charge in [0.2, 0.25) is 0 Å². The van der Waals surface area contributed by atoms with E-state index in [2.05, 4.69) is 5.32 Å². The second-order valence-corrected chi connectivity index (χ2v) is 4.41. The summed E-state index contributed by atoms with van der Waals surface area (Å²) in [6, 6.07) is 12.5. The first kappa shape index (κ1) is 12.5. The van der Waals surface area contributed by atoms with Crippen molar-refractivity contribution in [2.24, 2.45) is 0 Å². The van der Waals surface area contributed by atoms with Gasteiger partial charge in [-0.2, -0.15) is 0 Å². The second-order valence-electron chi connectivity index (χ2n) is 4.00. The molecule has 92 valence electrons. The van der Waals surface area contributed by atoms with Crippen molar-refractivity contribution in [3.63, 3.8) is 0 Å². The molecule has 0 aliphatic carbocycles. The number of carbonyl (C=O) groups excluding carboxylic acids is 1. The smallest absolute Gasteiger partial charge is 0.159 e. The average Bonchev–Trinajstić information content (AvgIpc) is 2.33. The largest absolute Gasteiger partial charge is 0.399 e. The number of halogens is 1. The lowest BCUT2D eigenvalue weighted by Gasteiger charge is -2.09. The predicted molar refractivity (Wildman–Crippen MR) is 75.6 cm³/mol. The fourth-order valence-corrected chi connectivity index (χ4v) is 1.84. The van der Waals surface area contributed by atoms with Gasteiger partial charge in [-0.25, -0.2) is 0 Å². The van der Waals surface area contributed by atoms with Crippen molar-refractivity contribution in [3.8, 4) is 0 Å². The Morgan fingerprint density at radius 2 is 2.00 bits per heavy atom. The maximum absolute atomic E-state index is 11.3. The van der Waals surface area contributed by atoms with E-state index in [1.807, 2.05) is 12.1 Å². The van der Waals surface area contributed by atoms with Crippen molar-refractivity contribution in [3.05, 3.63) is 53.1 Å². The number of hydrogen-bond acceptors (Lipinski definition) is 3. The minimum Gasteiger partial charge on any atom is -0.399 e. The summed E-state index contributed by atoms with van der Waals surface area (Å²) >= 11 is 6.07. The highest BCUT2D eigenvalue weighted by molar-refractivity contribution is 6.33. The molecule has 0 unspecified atom stereocenters. The van der Waals surface area contributed by atoms with E-state index >= 15 is 0 Å². The second kappa shape index (κ2) is 5.10. The molecule has 0 bridgehead atoms. The molecule has 0 aliphatic heterocycles. The molecule has 0 radical (unpaired) electrons. The van der Waals surface area contributed by atoms with Gasteiger partial charge >= 0.3 is 0 Å². The summed E-state index contributed by atoms with van der Waals surface area (Å²) in [6.07, 6.45) is 0. The van der Waals surface area contributed by atoms with Gasteiger partial charge in [0.1, 0.15) is 0 Å². The summed E-state index contributed by atoms with van der Waals surface area (Å²) in [7, 11) is 0. The zero-order valence-corrected chi connectivity index (χ0v) is 10.7. The highest BCUT2D eigenvalue weighted by atomic mass is 35.5. The number of hydrogen-bond donors (Lipinski definition) is 2. The van der Waals surface area contributed by atoms with Gasteiger partial charge in [0.05, 0.1) is 10.7 Å². The quantitative estimate of drug-likeness (QED) is 0.651. The lowest BCUT2D eigenvalue weighted by atomic mass is 10.1. The van der Waals surface area contributed by atoms with Crippen molar-refractivity contribution in [2.45, 2.75) is 6.92 Å². The number of nitrogens with two attached hydrogens (primary N) is 1. The minimum atomic E-state index is 0.0297. The van der Waals surface area contributed by atoms with Crippen molar-refractivity contribution < 1.29 is 4.79 Å². The predicted octanol–water partition coefficient (Wildman–Crippen LogP) is 3.87. The third kappa shape index (κ3) is 2.81. The number of benzene rings is 2. The number of Topliss-reactive ketones (excluding diaryl/α,β-unsaturated/α-hetero) is 1. The van der Waals surface area contributed by atoms with Crippen LogP contribution in [0.25, 0.3) is 0 Å². The number of nitrogen functional groups attached to an aromatic ring is 1. The van der Waals surface area contributed by atoms with Gasteiger partial charge in [0.25, 0.3) is 0 Å². The molecule has 0 atom stereocenters. The van der Waals surface area contributed by atoms with E-state index in [1.165, 1.54) is 6.92 Å². The Hall–Kier alpha value is -2.00. The fraction of sp³-hybridized carbons (Fsp3) is 0.0714. The van der Waals surface area contributed by atoms with Gasteiger partial charge in [0.15, 0.2) is 5.78 Å². The third-order valence-corrected chi connectivity index (χ3v) is 2.85. The molecule has 18 heavy (non-hydrogen) atoms. The lowest BCUT2D eigenvalue weighted by Crippen LogP contribution is -1.96. The first-order chi connectivity index (χ1) is 8.56. The van der Waals surface area contributed by atoms with Gasteiger partial charge in [-0.3, -0.25) is 4.79 Å². The van der Waals surface area contributed by atoms with E-state index in [1.54, 1.807) is 30.3 Å². The Balaban J connectivity index is 2.28. The maximum Gasteiger partial charge on any atom is 0.159 e. The van der Waals surface area contributed by atoms with Crippen LogP contribution in [0.15, 0.2) is 42.5 Å². The molecule has 0 saturated heterocycles. The molecule has 4 heteroatoms. The summed E-state index contributed by atoms with van der Waals surface area (Å²) in [4.78, 5) is 11.3. The molecule has 2 rings (SSSR count). The first-order valence-electron chi connectivity index (χ1n) is 5.49. The van der Waals surface area contributed by atoms with Crippen LogP contribution in [0.4, 0.5) is 17.1 Å². The lowest BCUT2D eigenvalue weighted by molar-refractivity contribution is 0.101. The van der Waals surface area contributed by atoms with Crippen LogP contribution in [-0.2, 0) is 0 Å². The van der Waals surface area contributed by atoms with Crippen LogP contribution in [0.3, 0.4) is 0 Å². The molecule has 0 spiro atoms. The summed E-state index contributed by atoms with van der Waals surface area (Å²) in [5, 5.41) is 3.70. The highest BCUT2D eigenvalue weighted by Gasteiger charge is 2.03. The van der Waals surface area contributed by atoms with Crippen LogP contribution in [-0.4, -0.2) is 5.78 Å². The van der Waals surface area contributed by atoms with Gasteiger partial charge < -0.3 is 11.1 Å². The van der Waals surface area contributed by atoms with Crippen molar-refractivity contribution >= 4 is 34.4 Å². The minimum absolute atomic E-state index is 0.0297. The van der Waals surface area contributed by atoms with Gasteiger partial charge in [-0.1, -0.05) is 23.7 Å². The van der Waals surface area contributed by atoms with E-state index in [4.69, 9.17) is 17.3 Å². The molecule has 0 aromatic heterocycles. The van der Waals surface area contributed by atoms with Gasteiger partial charge in [-0.05, 0) is 37.3 Å². The van der Waals surface area contributed by atoms with Crippen molar-refractivity contribution in [1.82, 2.24) is 0 Å². The Morgan fingerprint density at radius 3 is 2.67 bits per heavy atom. The Kier molecular flexibility index (Phi) is 3.53. The van der Waals surface area contributed by atoms with Crippen molar-refractivity contribution in [2.75, 3.05) is 11.1 Å². The summed E-state index contributed by atoms with van der Waals surface area (Å²) in [5.74, 6) is 0.0297. The average molecular weight is 261 g/mol. The van der Waals surface area contributed by atoms with Crippen LogP contribution in [0, 0.1) is 0 Å². The molecular weight excluding hydrogens is 248 g/mol.